The number of ketones is 1. The number of hydrogen-bond donors (Lipinski definition) is 1. The fourth-order valence-electron chi connectivity index (χ4n) is 1.09. The summed E-state index contributed by atoms with van der Waals surface area (Å²) in [6.07, 6.45) is -0.0744. The quantitative estimate of drug-likeness (QED) is 0.865. The van der Waals surface area contributed by atoms with Gasteiger partial charge in [-0.1, -0.05) is 17.7 Å². The first-order valence-corrected chi connectivity index (χ1v) is 4.95. The summed E-state index contributed by atoms with van der Waals surface area (Å²) in [5, 5.41) is 0.257. The monoisotopic (exact) mass is 229 g/mol. The van der Waals surface area contributed by atoms with Crippen LogP contribution in [0, 0.1) is 5.82 Å². The van der Waals surface area contributed by atoms with Gasteiger partial charge in [-0.05, 0) is 26.0 Å². The molecule has 2 N–H and O–H groups in total. The smallest absolute Gasteiger partial charge is 0.156 e. The first kappa shape index (κ1) is 12.1. The highest BCUT2D eigenvalue weighted by molar-refractivity contribution is 6.31. The maximum absolute atomic E-state index is 13.3. The third-order valence-corrected chi connectivity index (χ3v) is 2.47. The molecule has 1 rings (SSSR count). The van der Waals surface area contributed by atoms with Gasteiger partial charge in [-0.15, -0.1) is 0 Å². The van der Waals surface area contributed by atoms with Crippen LogP contribution in [0.15, 0.2) is 18.2 Å². The lowest BCUT2D eigenvalue weighted by Crippen LogP contribution is -2.42. The first-order chi connectivity index (χ1) is 6.82. The molecule has 0 saturated heterocycles. The second-order valence-electron chi connectivity index (χ2n) is 4.02. The Morgan fingerprint density at radius 2 is 2.13 bits per heavy atom. The minimum atomic E-state index is -0.967. The number of carbonyl (C=O) groups is 1. The van der Waals surface area contributed by atoms with E-state index in [1.54, 1.807) is 19.9 Å². The van der Waals surface area contributed by atoms with E-state index in [0.717, 1.165) is 0 Å². The fourth-order valence-corrected chi connectivity index (χ4v) is 1.32. The zero-order valence-corrected chi connectivity index (χ0v) is 9.44. The van der Waals surface area contributed by atoms with E-state index in [1.807, 2.05) is 0 Å². The Morgan fingerprint density at radius 3 is 2.60 bits per heavy atom. The van der Waals surface area contributed by atoms with Crippen LogP contribution in [0.1, 0.15) is 19.4 Å². The Kier molecular flexibility index (Phi) is 3.47. The summed E-state index contributed by atoms with van der Waals surface area (Å²) in [5.74, 6) is -0.713. The third-order valence-electron chi connectivity index (χ3n) is 2.12. The predicted molar refractivity (Wildman–Crippen MR) is 58.4 cm³/mol. The van der Waals surface area contributed by atoms with Crippen molar-refractivity contribution in [2.75, 3.05) is 0 Å². The maximum Gasteiger partial charge on any atom is 0.156 e. The molecule has 4 heteroatoms. The van der Waals surface area contributed by atoms with Crippen LogP contribution in [0.3, 0.4) is 0 Å². The van der Waals surface area contributed by atoms with Crippen molar-refractivity contribution in [1.29, 1.82) is 0 Å². The summed E-state index contributed by atoms with van der Waals surface area (Å²) < 4.78 is 13.3. The Bertz CT molecular complexity index is 364. The minimum absolute atomic E-state index is 0.0744. The molecule has 0 fully saturated rings. The molecule has 0 atom stereocenters. The average Bonchev–Trinajstić information content (AvgIpc) is 2.09. The Labute approximate surface area is 93.2 Å². The lowest BCUT2D eigenvalue weighted by molar-refractivity contribution is -0.122. The minimum Gasteiger partial charge on any atom is -0.319 e. The molecule has 0 saturated carbocycles. The van der Waals surface area contributed by atoms with Crippen LogP contribution in [0.25, 0.3) is 0 Å². The van der Waals surface area contributed by atoms with E-state index >= 15 is 0 Å². The van der Waals surface area contributed by atoms with Gasteiger partial charge in [0, 0.05) is 17.0 Å². The van der Waals surface area contributed by atoms with Crippen molar-refractivity contribution in [2.24, 2.45) is 5.73 Å². The SMILES string of the molecule is CC(C)(N)C(=O)Cc1c(F)cccc1Cl. The molecule has 15 heavy (non-hydrogen) atoms. The van der Waals surface area contributed by atoms with E-state index in [9.17, 15) is 9.18 Å². The van der Waals surface area contributed by atoms with E-state index < -0.39 is 11.4 Å². The lowest BCUT2D eigenvalue weighted by atomic mass is 9.94. The summed E-state index contributed by atoms with van der Waals surface area (Å²) in [5.41, 5.74) is 4.86. The molecule has 82 valence electrons. The van der Waals surface area contributed by atoms with Gasteiger partial charge >= 0.3 is 0 Å². The number of hydrogen-bond acceptors (Lipinski definition) is 2. The van der Waals surface area contributed by atoms with Crippen LogP contribution >= 0.6 is 11.6 Å². The van der Waals surface area contributed by atoms with Crippen LogP contribution in [0.5, 0.6) is 0 Å². The molecular formula is C11H13ClFNO. The Morgan fingerprint density at radius 1 is 1.53 bits per heavy atom. The highest BCUT2D eigenvalue weighted by atomic mass is 35.5. The normalized spacial score (nSPS) is 11.5. The summed E-state index contributed by atoms with van der Waals surface area (Å²) in [7, 11) is 0. The van der Waals surface area contributed by atoms with Crippen LogP contribution in [-0.2, 0) is 11.2 Å². The van der Waals surface area contributed by atoms with Gasteiger partial charge in [0.2, 0.25) is 0 Å². The fraction of sp³-hybridized carbons (Fsp3) is 0.364. The largest absolute Gasteiger partial charge is 0.319 e. The van der Waals surface area contributed by atoms with E-state index in [1.165, 1.54) is 12.1 Å². The van der Waals surface area contributed by atoms with Crippen molar-refractivity contribution < 1.29 is 9.18 Å². The molecule has 0 heterocycles. The molecule has 0 amide bonds. The van der Waals surface area contributed by atoms with Crippen LogP contribution in [-0.4, -0.2) is 11.3 Å². The van der Waals surface area contributed by atoms with Crippen molar-refractivity contribution in [3.63, 3.8) is 0 Å². The molecule has 0 bridgehead atoms. The predicted octanol–water partition coefficient (Wildman–Crippen LogP) is 2.33. The third kappa shape index (κ3) is 3.01. The van der Waals surface area contributed by atoms with Crippen LogP contribution in [0.4, 0.5) is 4.39 Å². The molecule has 0 unspecified atom stereocenters. The molecule has 1 aromatic rings. The van der Waals surface area contributed by atoms with Gasteiger partial charge in [0.25, 0.3) is 0 Å². The van der Waals surface area contributed by atoms with Gasteiger partial charge in [-0.2, -0.15) is 0 Å². The zero-order valence-electron chi connectivity index (χ0n) is 8.68. The van der Waals surface area contributed by atoms with Crippen molar-refractivity contribution >= 4 is 17.4 Å². The highest BCUT2D eigenvalue weighted by Gasteiger charge is 2.23. The average molecular weight is 230 g/mol. The van der Waals surface area contributed by atoms with E-state index in [2.05, 4.69) is 0 Å². The number of rotatable bonds is 3. The number of benzene rings is 1. The Hall–Kier alpha value is -0.930. The first-order valence-electron chi connectivity index (χ1n) is 4.57. The lowest BCUT2D eigenvalue weighted by Gasteiger charge is -2.17. The van der Waals surface area contributed by atoms with Gasteiger partial charge in [0.15, 0.2) is 5.78 Å². The summed E-state index contributed by atoms with van der Waals surface area (Å²) in [6, 6.07) is 4.33. The van der Waals surface area contributed by atoms with Crippen molar-refractivity contribution in [2.45, 2.75) is 25.8 Å². The molecular weight excluding hydrogens is 217 g/mol. The highest BCUT2D eigenvalue weighted by Crippen LogP contribution is 2.20. The maximum atomic E-state index is 13.3. The van der Waals surface area contributed by atoms with Crippen molar-refractivity contribution in [3.05, 3.63) is 34.6 Å². The van der Waals surface area contributed by atoms with E-state index in [0.29, 0.717) is 0 Å². The number of nitrogens with two attached hydrogens (primary N) is 1. The summed E-state index contributed by atoms with van der Waals surface area (Å²) in [4.78, 5) is 11.6. The molecule has 0 aliphatic rings. The van der Waals surface area contributed by atoms with Gasteiger partial charge in [-0.3, -0.25) is 4.79 Å². The molecule has 0 aliphatic carbocycles. The van der Waals surface area contributed by atoms with E-state index in [4.69, 9.17) is 17.3 Å². The molecule has 2 nitrogen and oxygen atoms in total. The number of halogens is 2. The second kappa shape index (κ2) is 4.29. The van der Waals surface area contributed by atoms with Crippen molar-refractivity contribution in [3.8, 4) is 0 Å². The van der Waals surface area contributed by atoms with E-state index in [-0.39, 0.29) is 22.8 Å². The van der Waals surface area contributed by atoms with Gasteiger partial charge in [0.05, 0.1) is 5.54 Å². The van der Waals surface area contributed by atoms with Crippen LogP contribution < -0.4 is 5.73 Å². The molecule has 0 aromatic heterocycles. The molecule has 0 radical (unpaired) electrons. The Balaban J connectivity index is 2.95. The zero-order chi connectivity index (χ0) is 11.6. The van der Waals surface area contributed by atoms with Gasteiger partial charge < -0.3 is 5.73 Å². The van der Waals surface area contributed by atoms with Gasteiger partial charge in [0.1, 0.15) is 5.82 Å². The number of carbonyl (C=O) groups excluding carboxylic acids is 1. The molecule has 0 spiro atoms. The molecule has 0 aliphatic heterocycles. The van der Waals surface area contributed by atoms with Gasteiger partial charge in [-0.25, -0.2) is 4.39 Å². The topological polar surface area (TPSA) is 43.1 Å². The van der Waals surface area contributed by atoms with Crippen LogP contribution in [0.2, 0.25) is 5.02 Å². The molecule has 1 aromatic carbocycles. The standard InChI is InChI=1S/C11H13ClFNO/c1-11(2,14)10(15)6-7-8(12)4-3-5-9(7)13/h3-5H,6,14H2,1-2H3. The summed E-state index contributed by atoms with van der Waals surface area (Å²) >= 11 is 5.79. The number of Topliss-reactive ketones (excluding diaryl/α,β-unsaturated/α-hetero) is 1. The second-order valence-corrected chi connectivity index (χ2v) is 4.43. The van der Waals surface area contributed by atoms with Crippen molar-refractivity contribution in [1.82, 2.24) is 0 Å². The summed E-state index contributed by atoms with van der Waals surface area (Å²) in [6.45, 7) is 3.17.